The van der Waals surface area contributed by atoms with Crippen LogP contribution in [-0.4, -0.2) is 38.1 Å². The number of sulfonamides is 1. The highest BCUT2D eigenvalue weighted by molar-refractivity contribution is 9.10. The first-order valence-corrected chi connectivity index (χ1v) is 12.0. The van der Waals surface area contributed by atoms with Gasteiger partial charge in [0.1, 0.15) is 6.29 Å². The average Bonchev–Trinajstić information content (AvgIpc) is 3.08. The average molecular weight is 494 g/mol. The lowest BCUT2D eigenvalue weighted by Crippen LogP contribution is -2.32. The van der Waals surface area contributed by atoms with E-state index in [2.05, 4.69) is 15.9 Å². The highest BCUT2D eigenvalue weighted by atomic mass is 79.9. The third-order valence-corrected chi connectivity index (χ3v) is 7.75. The Morgan fingerprint density at radius 3 is 2.37 bits per heavy atom. The Morgan fingerprint density at radius 2 is 1.80 bits per heavy atom. The van der Waals surface area contributed by atoms with Crippen molar-refractivity contribution in [1.29, 1.82) is 0 Å². The van der Waals surface area contributed by atoms with Crippen LogP contribution in [0.3, 0.4) is 0 Å². The number of carbonyl (C=O) groups excluding carboxylic acids is 2. The Bertz CT molecular complexity index is 1000. The van der Waals surface area contributed by atoms with E-state index >= 15 is 0 Å². The first kappa shape index (κ1) is 22.7. The van der Waals surface area contributed by atoms with Crippen molar-refractivity contribution >= 4 is 38.2 Å². The van der Waals surface area contributed by atoms with E-state index in [4.69, 9.17) is 4.74 Å². The van der Waals surface area contributed by atoms with E-state index in [1.165, 1.54) is 4.31 Å². The molecule has 0 aliphatic carbocycles. The number of esters is 1. The van der Waals surface area contributed by atoms with Crippen LogP contribution in [0.5, 0.6) is 0 Å². The number of halogens is 1. The molecule has 3 atom stereocenters. The number of hydrogen-bond acceptors (Lipinski definition) is 5. The number of aryl methyl sites for hydroxylation is 1. The van der Waals surface area contributed by atoms with Crippen molar-refractivity contribution in [1.82, 2.24) is 4.31 Å². The molecule has 0 aromatic heterocycles. The molecule has 0 radical (unpaired) electrons. The van der Waals surface area contributed by atoms with Crippen molar-refractivity contribution in [2.75, 3.05) is 13.2 Å². The molecule has 1 aliphatic heterocycles. The molecule has 0 amide bonds. The lowest BCUT2D eigenvalue weighted by atomic mass is 9.86. The molecule has 2 aromatic rings. The van der Waals surface area contributed by atoms with E-state index in [9.17, 15) is 18.0 Å². The summed E-state index contributed by atoms with van der Waals surface area (Å²) in [6.45, 7) is 3.90. The summed E-state index contributed by atoms with van der Waals surface area (Å²) < 4.78 is 34.2. The van der Waals surface area contributed by atoms with Crippen LogP contribution in [0, 0.1) is 18.8 Å². The molecule has 1 aliphatic rings. The number of carbonyl (C=O) groups is 2. The number of benzene rings is 2. The summed E-state index contributed by atoms with van der Waals surface area (Å²) in [4.78, 5) is 24.3. The largest absolute Gasteiger partial charge is 0.466 e. The van der Waals surface area contributed by atoms with Gasteiger partial charge in [0.05, 0.1) is 24.0 Å². The summed E-state index contributed by atoms with van der Waals surface area (Å²) in [5.41, 5.74) is 1.66. The summed E-state index contributed by atoms with van der Waals surface area (Å²) in [5.74, 6) is -1.55. The molecule has 1 saturated heterocycles. The van der Waals surface area contributed by atoms with E-state index in [1.54, 1.807) is 43.3 Å². The van der Waals surface area contributed by atoms with Crippen molar-refractivity contribution in [2.45, 2.75) is 31.2 Å². The monoisotopic (exact) mass is 493 g/mol. The maximum absolute atomic E-state index is 13.5. The minimum atomic E-state index is -3.88. The second-order valence-corrected chi connectivity index (χ2v) is 10.2. The van der Waals surface area contributed by atoms with E-state index < -0.39 is 33.9 Å². The zero-order valence-corrected chi connectivity index (χ0v) is 19.2. The summed E-state index contributed by atoms with van der Waals surface area (Å²) in [6.07, 6.45) is 0.755. The van der Waals surface area contributed by atoms with Crippen molar-refractivity contribution in [3.05, 3.63) is 64.1 Å². The molecule has 6 nitrogen and oxygen atoms in total. The fourth-order valence-corrected chi connectivity index (χ4v) is 5.84. The molecule has 30 heavy (non-hydrogen) atoms. The molecule has 0 unspecified atom stereocenters. The molecular formula is C22H24BrNO5S. The highest BCUT2D eigenvalue weighted by Gasteiger charge is 2.48. The van der Waals surface area contributed by atoms with Crippen LogP contribution in [0.25, 0.3) is 0 Å². The topological polar surface area (TPSA) is 80.8 Å². The number of hydrogen-bond donors (Lipinski definition) is 0. The Morgan fingerprint density at radius 1 is 1.17 bits per heavy atom. The maximum Gasteiger partial charge on any atom is 0.306 e. The van der Waals surface area contributed by atoms with Gasteiger partial charge in [-0.25, -0.2) is 8.42 Å². The quantitative estimate of drug-likeness (QED) is 0.431. The molecule has 0 saturated carbocycles. The Balaban J connectivity index is 2.05. The van der Waals surface area contributed by atoms with Crippen LogP contribution in [-0.2, 0) is 24.3 Å². The first-order chi connectivity index (χ1) is 14.3. The standard InChI is InChI=1S/C22H24BrNO5S/c1-3-29-21(26)12-17-13-24(30(27,28)19-10-4-15(2)5-11-19)22(20(17)14-25)16-6-8-18(23)9-7-16/h4-11,14,17,20,22H,3,12-13H2,1-2H3/t17-,20+,22-/m1/s1. The smallest absolute Gasteiger partial charge is 0.306 e. The molecule has 2 aromatic carbocycles. The van der Waals surface area contributed by atoms with E-state index in [0.717, 1.165) is 16.3 Å². The number of aldehydes is 1. The van der Waals surface area contributed by atoms with Crippen LogP contribution in [0.15, 0.2) is 57.9 Å². The number of nitrogens with zero attached hydrogens (tertiary/aromatic N) is 1. The van der Waals surface area contributed by atoms with Crippen molar-refractivity contribution in [2.24, 2.45) is 11.8 Å². The lowest BCUT2D eigenvalue weighted by molar-refractivity contribution is -0.144. The summed E-state index contributed by atoms with van der Waals surface area (Å²) >= 11 is 3.38. The molecule has 0 bridgehead atoms. The van der Waals surface area contributed by atoms with Gasteiger partial charge in [-0.05, 0) is 49.6 Å². The van der Waals surface area contributed by atoms with Crippen LogP contribution < -0.4 is 0 Å². The van der Waals surface area contributed by atoms with Crippen molar-refractivity contribution in [3.63, 3.8) is 0 Å². The lowest BCUT2D eigenvalue weighted by Gasteiger charge is -2.26. The predicted molar refractivity (Wildman–Crippen MR) is 116 cm³/mol. The zero-order chi connectivity index (χ0) is 21.9. The minimum Gasteiger partial charge on any atom is -0.466 e. The van der Waals surface area contributed by atoms with Gasteiger partial charge in [-0.1, -0.05) is 45.8 Å². The maximum atomic E-state index is 13.5. The molecule has 1 fully saturated rings. The molecule has 3 rings (SSSR count). The Labute approximate surface area is 185 Å². The molecule has 1 heterocycles. The van der Waals surface area contributed by atoms with Gasteiger partial charge in [-0.3, -0.25) is 4.79 Å². The third-order valence-electron chi connectivity index (χ3n) is 5.36. The Kier molecular flexibility index (Phi) is 7.10. The van der Waals surface area contributed by atoms with Gasteiger partial charge >= 0.3 is 5.97 Å². The van der Waals surface area contributed by atoms with Crippen LogP contribution in [0.2, 0.25) is 0 Å². The third kappa shape index (κ3) is 4.66. The van der Waals surface area contributed by atoms with E-state index in [0.29, 0.717) is 5.56 Å². The molecule has 8 heteroatoms. The second-order valence-electron chi connectivity index (χ2n) is 7.37. The van der Waals surface area contributed by atoms with Gasteiger partial charge in [0.2, 0.25) is 10.0 Å². The van der Waals surface area contributed by atoms with Crippen molar-refractivity contribution < 1.29 is 22.7 Å². The fraction of sp³-hybridized carbons (Fsp3) is 0.364. The highest BCUT2D eigenvalue weighted by Crippen LogP contribution is 2.44. The first-order valence-electron chi connectivity index (χ1n) is 9.72. The van der Waals surface area contributed by atoms with Crippen LogP contribution >= 0.6 is 15.9 Å². The van der Waals surface area contributed by atoms with Gasteiger partial charge in [0.25, 0.3) is 0 Å². The van der Waals surface area contributed by atoms with Gasteiger partial charge in [-0.2, -0.15) is 4.31 Å². The normalized spacial score (nSPS) is 22.0. The van der Waals surface area contributed by atoms with E-state index in [1.807, 2.05) is 19.1 Å². The van der Waals surface area contributed by atoms with Crippen LogP contribution in [0.1, 0.15) is 30.5 Å². The molecule has 0 N–H and O–H groups in total. The summed E-state index contributed by atoms with van der Waals surface area (Å²) in [6, 6.07) is 13.2. The fourth-order valence-electron chi connectivity index (χ4n) is 3.88. The second kappa shape index (κ2) is 9.41. The minimum absolute atomic E-state index is 0.00973. The van der Waals surface area contributed by atoms with Crippen LogP contribution in [0.4, 0.5) is 0 Å². The predicted octanol–water partition coefficient (Wildman–Crippen LogP) is 3.89. The molecule has 0 spiro atoms. The summed E-state index contributed by atoms with van der Waals surface area (Å²) in [5, 5.41) is 0. The van der Waals surface area contributed by atoms with Crippen molar-refractivity contribution in [3.8, 4) is 0 Å². The zero-order valence-electron chi connectivity index (χ0n) is 16.8. The van der Waals surface area contributed by atoms with Gasteiger partial charge in [-0.15, -0.1) is 0 Å². The Hall–Kier alpha value is -2.03. The number of rotatable bonds is 7. The van der Waals surface area contributed by atoms with Gasteiger partial charge < -0.3 is 9.53 Å². The van der Waals surface area contributed by atoms with Gasteiger partial charge in [0, 0.05) is 16.9 Å². The molecular weight excluding hydrogens is 470 g/mol. The molecule has 160 valence electrons. The van der Waals surface area contributed by atoms with Gasteiger partial charge in [0.15, 0.2) is 0 Å². The van der Waals surface area contributed by atoms with E-state index in [-0.39, 0.29) is 24.5 Å². The SMILES string of the molecule is CCOC(=O)C[C@@H]1CN(S(=O)(=O)c2ccc(C)cc2)[C@H](c2ccc(Br)cc2)[C@H]1C=O. The summed E-state index contributed by atoms with van der Waals surface area (Å²) in [7, 11) is -3.88. The number of ether oxygens (including phenoxy) is 1.